The van der Waals surface area contributed by atoms with Gasteiger partial charge in [-0.15, -0.1) is 0 Å². The van der Waals surface area contributed by atoms with Crippen molar-refractivity contribution < 1.29 is 0 Å². The van der Waals surface area contributed by atoms with Crippen LogP contribution in [0.25, 0.3) is 0 Å². The minimum atomic E-state index is 0.857. The molecule has 4 heteroatoms. The molecule has 16 heavy (non-hydrogen) atoms. The van der Waals surface area contributed by atoms with Crippen molar-refractivity contribution in [2.24, 2.45) is 17.8 Å². The molecule has 1 aromatic rings. The molecule has 2 atom stereocenters. The molecular weight excluding hydrogens is 200 g/mol. The normalized spacial score (nSPS) is 31.2. The number of piperidine rings is 1. The third kappa shape index (κ3) is 1.67. The lowest BCUT2D eigenvalue weighted by atomic mass is 10.2. The Kier molecular flexibility index (Phi) is 2.32. The van der Waals surface area contributed by atoms with Gasteiger partial charge >= 0.3 is 0 Å². The first-order valence-electron chi connectivity index (χ1n) is 5.97. The molecule has 1 saturated carbocycles. The molecule has 2 heterocycles. The SMILES string of the molecule is Cc1ccnc(N(C)CC2C3CNCC32)n1. The Hall–Kier alpha value is -1.16. The van der Waals surface area contributed by atoms with E-state index < -0.39 is 0 Å². The molecule has 2 aliphatic rings. The quantitative estimate of drug-likeness (QED) is 0.810. The maximum Gasteiger partial charge on any atom is 0.225 e. The summed E-state index contributed by atoms with van der Waals surface area (Å²) in [5.41, 5.74) is 1.04. The van der Waals surface area contributed by atoms with Crippen LogP contribution in [0.5, 0.6) is 0 Å². The largest absolute Gasteiger partial charge is 0.344 e. The van der Waals surface area contributed by atoms with Gasteiger partial charge in [0.2, 0.25) is 5.95 Å². The number of anilines is 1. The van der Waals surface area contributed by atoms with Crippen LogP contribution in [0.2, 0.25) is 0 Å². The Balaban J connectivity index is 1.63. The van der Waals surface area contributed by atoms with Gasteiger partial charge in [-0.05, 0) is 43.8 Å². The molecule has 2 unspecified atom stereocenters. The van der Waals surface area contributed by atoms with Gasteiger partial charge in [0.15, 0.2) is 0 Å². The van der Waals surface area contributed by atoms with E-state index in [0.717, 1.165) is 35.9 Å². The number of rotatable bonds is 3. The summed E-state index contributed by atoms with van der Waals surface area (Å²) in [6.07, 6.45) is 1.84. The third-order valence-corrected chi connectivity index (χ3v) is 3.88. The van der Waals surface area contributed by atoms with Crippen molar-refractivity contribution in [1.29, 1.82) is 0 Å². The molecule has 1 N–H and O–H groups in total. The van der Waals surface area contributed by atoms with Gasteiger partial charge in [0.25, 0.3) is 0 Å². The zero-order chi connectivity index (χ0) is 11.1. The highest BCUT2D eigenvalue weighted by molar-refractivity contribution is 5.29. The Morgan fingerprint density at radius 3 is 2.88 bits per heavy atom. The predicted molar refractivity (Wildman–Crippen MR) is 63.4 cm³/mol. The molecule has 0 spiro atoms. The van der Waals surface area contributed by atoms with Gasteiger partial charge in [-0.3, -0.25) is 0 Å². The van der Waals surface area contributed by atoms with Crippen LogP contribution < -0.4 is 10.2 Å². The molecule has 3 rings (SSSR count). The minimum Gasteiger partial charge on any atom is -0.344 e. The number of hydrogen-bond donors (Lipinski definition) is 1. The molecule has 0 radical (unpaired) electrons. The first-order chi connectivity index (χ1) is 7.75. The van der Waals surface area contributed by atoms with Crippen molar-refractivity contribution in [2.75, 3.05) is 31.6 Å². The van der Waals surface area contributed by atoms with Crippen LogP contribution >= 0.6 is 0 Å². The van der Waals surface area contributed by atoms with E-state index in [0.29, 0.717) is 0 Å². The standard InChI is InChI=1S/C12H18N4/c1-8-3-4-14-12(15-8)16(2)7-11-9-5-13-6-10(9)11/h3-4,9-11,13H,5-7H2,1-2H3. The van der Waals surface area contributed by atoms with E-state index in [-0.39, 0.29) is 0 Å². The molecule has 0 aromatic carbocycles. The molecule has 4 nitrogen and oxygen atoms in total. The van der Waals surface area contributed by atoms with Crippen LogP contribution in [0.1, 0.15) is 5.69 Å². The summed E-state index contributed by atoms with van der Waals surface area (Å²) < 4.78 is 0. The van der Waals surface area contributed by atoms with Crippen LogP contribution in [0.3, 0.4) is 0 Å². The molecule has 1 saturated heterocycles. The van der Waals surface area contributed by atoms with Crippen LogP contribution in [0.15, 0.2) is 12.3 Å². The van der Waals surface area contributed by atoms with Crippen molar-refractivity contribution in [3.8, 4) is 0 Å². The first-order valence-corrected chi connectivity index (χ1v) is 5.97. The number of nitrogens with one attached hydrogen (secondary N) is 1. The fourth-order valence-electron chi connectivity index (χ4n) is 2.83. The molecule has 1 aromatic heterocycles. The van der Waals surface area contributed by atoms with Gasteiger partial charge < -0.3 is 10.2 Å². The second kappa shape index (κ2) is 3.70. The number of fused-ring (bicyclic) bond motifs is 1. The van der Waals surface area contributed by atoms with Gasteiger partial charge in [0, 0.05) is 25.5 Å². The van der Waals surface area contributed by atoms with E-state index in [1.807, 2.05) is 19.2 Å². The number of aryl methyl sites for hydroxylation is 1. The highest BCUT2D eigenvalue weighted by atomic mass is 15.2. The summed E-state index contributed by atoms with van der Waals surface area (Å²) >= 11 is 0. The number of hydrogen-bond acceptors (Lipinski definition) is 4. The van der Waals surface area contributed by atoms with Crippen molar-refractivity contribution in [3.63, 3.8) is 0 Å². The van der Waals surface area contributed by atoms with Crippen LogP contribution in [-0.4, -0.2) is 36.6 Å². The van der Waals surface area contributed by atoms with Gasteiger partial charge in [-0.25, -0.2) is 9.97 Å². The van der Waals surface area contributed by atoms with Gasteiger partial charge in [0.05, 0.1) is 0 Å². The highest BCUT2D eigenvalue weighted by Crippen LogP contribution is 2.48. The Morgan fingerprint density at radius 2 is 2.19 bits per heavy atom. The molecule has 0 amide bonds. The molecule has 1 aliphatic heterocycles. The topological polar surface area (TPSA) is 41.1 Å². The van der Waals surface area contributed by atoms with Crippen LogP contribution in [-0.2, 0) is 0 Å². The zero-order valence-electron chi connectivity index (χ0n) is 9.85. The summed E-state index contributed by atoms with van der Waals surface area (Å²) in [7, 11) is 2.09. The average molecular weight is 218 g/mol. The van der Waals surface area contributed by atoms with E-state index in [1.54, 1.807) is 0 Å². The smallest absolute Gasteiger partial charge is 0.225 e. The lowest BCUT2D eigenvalue weighted by Gasteiger charge is -2.18. The third-order valence-electron chi connectivity index (χ3n) is 3.88. The lowest BCUT2D eigenvalue weighted by Crippen LogP contribution is -2.26. The maximum absolute atomic E-state index is 4.45. The van der Waals surface area contributed by atoms with Gasteiger partial charge in [-0.1, -0.05) is 0 Å². The zero-order valence-corrected chi connectivity index (χ0v) is 9.85. The fourth-order valence-corrected chi connectivity index (χ4v) is 2.83. The summed E-state index contributed by atoms with van der Waals surface area (Å²) in [4.78, 5) is 11.0. The second-order valence-corrected chi connectivity index (χ2v) is 5.03. The first kappa shape index (κ1) is 10.0. The van der Waals surface area contributed by atoms with E-state index >= 15 is 0 Å². The lowest BCUT2D eigenvalue weighted by molar-refractivity contribution is 0.588. The summed E-state index contributed by atoms with van der Waals surface area (Å²) in [5, 5.41) is 3.42. The fraction of sp³-hybridized carbons (Fsp3) is 0.667. The molecule has 2 fully saturated rings. The van der Waals surface area contributed by atoms with Crippen molar-refractivity contribution >= 4 is 5.95 Å². The van der Waals surface area contributed by atoms with Gasteiger partial charge in [0.1, 0.15) is 0 Å². The van der Waals surface area contributed by atoms with Crippen molar-refractivity contribution in [1.82, 2.24) is 15.3 Å². The molecule has 0 bridgehead atoms. The van der Waals surface area contributed by atoms with E-state index in [9.17, 15) is 0 Å². The summed E-state index contributed by atoms with van der Waals surface area (Å²) in [6.45, 7) is 5.52. The summed E-state index contributed by atoms with van der Waals surface area (Å²) in [6, 6.07) is 1.94. The van der Waals surface area contributed by atoms with E-state index in [4.69, 9.17) is 0 Å². The average Bonchev–Trinajstić information content (AvgIpc) is 2.74. The monoisotopic (exact) mass is 218 g/mol. The molecule has 1 aliphatic carbocycles. The van der Waals surface area contributed by atoms with Crippen molar-refractivity contribution in [2.45, 2.75) is 6.92 Å². The number of nitrogens with zero attached hydrogens (tertiary/aromatic N) is 3. The van der Waals surface area contributed by atoms with Crippen LogP contribution in [0.4, 0.5) is 5.95 Å². The summed E-state index contributed by atoms with van der Waals surface area (Å²) in [5.74, 6) is 3.54. The second-order valence-electron chi connectivity index (χ2n) is 5.03. The molecular formula is C12H18N4. The Bertz CT molecular complexity index is 382. The number of aromatic nitrogens is 2. The van der Waals surface area contributed by atoms with Gasteiger partial charge in [-0.2, -0.15) is 0 Å². The van der Waals surface area contributed by atoms with E-state index in [2.05, 4.69) is 27.2 Å². The van der Waals surface area contributed by atoms with E-state index in [1.165, 1.54) is 13.1 Å². The van der Waals surface area contributed by atoms with Crippen LogP contribution in [0, 0.1) is 24.7 Å². The Morgan fingerprint density at radius 1 is 1.44 bits per heavy atom. The van der Waals surface area contributed by atoms with Crippen molar-refractivity contribution in [3.05, 3.63) is 18.0 Å². The predicted octanol–water partition coefficient (Wildman–Crippen LogP) is 0.687. The highest BCUT2D eigenvalue weighted by Gasteiger charge is 2.52. The Labute approximate surface area is 96.1 Å². The molecule has 86 valence electrons. The minimum absolute atomic E-state index is 0.857. The maximum atomic E-state index is 4.45.